The maximum atomic E-state index is 11.9. The second-order valence-electron chi connectivity index (χ2n) is 4.55. The summed E-state index contributed by atoms with van der Waals surface area (Å²) in [6, 6.07) is 3.80. The lowest BCUT2D eigenvalue weighted by molar-refractivity contribution is -0.384. The maximum Gasteiger partial charge on any atom is 0.270 e. The van der Waals surface area contributed by atoms with Gasteiger partial charge >= 0.3 is 0 Å². The monoisotopic (exact) mass is 278 g/mol. The van der Waals surface area contributed by atoms with E-state index in [9.17, 15) is 19.7 Å². The van der Waals surface area contributed by atoms with Crippen molar-refractivity contribution in [2.45, 2.75) is 18.9 Å². The Bertz CT molecular complexity index is 569. The Kier molecular flexibility index (Phi) is 3.83. The molecule has 0 aliphatic heterocycles. The molecule has 8 heteroatoms. The van der Waals surface area contributed by atoms with E-state index < -0.39 is 10.8 Å². The zero-order valence-electron chi connectivity index (χ0n) is 10.6. The number of nitrogen functional groups attached to an aromatic ring is 1. The van der Waals surface area contributed by atoms with E-state index >= 15 is 0 Å². The molecule has 0 atom stereocenters. The van der Waals surface area contributed by atoms with Crippen molar-refractivity contribution in [1.29, 1.82) is 0 Å². The Hall–Kier alpha value is -2.64. The van der Waals surface area contributed by atoms with Crippen LogP contribution in [0.3, 0.4) is 0 Å². The van der Waals surface area contributed by atoms with E-state index in [0.717, 1.165) is 18.9 Å². The fourth-order valence-electron chi connectivity index (χ4n) is 1.62. The normalized spacial score (nSPS) is 13.6. The van der Waals surface area contributed by atoms with Crippen molar-refractivity contribution in [2.24, 2.45) is 0 Å². The molecular weight excluding hydrogens is 264 g/mol. The van der Waals surface area contributed by atoms with Crippen LogP contribution in [-0.4, -0.2) is 29.3 Å². The number of amides is 2. The highest BCUT2D eigenvalue weighted by molar-refractivity contribution is 6.01. The molecule has 0 unspecified atom stereocenters. The summed E-state index contributed by atoms with van der Waals surface area (Å²) in [7, 11) is 0. The number of nitrogens with two attached hydrogens (primary N) is 1. The van der Waals surface area contributed by atoms with Crippen LogP contribution in [0.5, 0.6) is 0 Å². The van der Waals surface area contributed by atoms with Crippen LogP contribution in [0.15, 0.2) is 18.2 Å². The minimum atomic E-state index is -0.615. The topological polar surface area (TPSA) is 127 Å². The number of benzene rings is 1. The number of hydrogen-bond donors (Lipinski definition) is 3. The molecule has 1 aliphatic carbocycles. The van der Waals surface area contributed by atoms with Crippen LogP contribution >= 0.6 is 0 Å². The molecular formula is C12H14N4O4. The van der Waals surface area contributed by atoms with Gasteiger partial charge in [0, 0.05) is 23.9 Å². The summed E-state index contributed by atoms with van der Waals surface area (Å²) in [6.07, 6.45) is 1.91. The van der Waals surface area contributed by atoms with E-state index in [1.807, 2.05) is 0 Å². The Labute approximate surface area is 114 Å². The molecule has 106 valence electrons. The predicted molar refractivity (Wildman–Crippen MR) is 71.0 cm³/mol. The summed E-state index contributed by atoms with van der Waals surface area (Å²) < 4.78 is 0. The molecule has 0 bridgehead atoms. The zero-order valence-corrected chi connectivity index (χ0v) is 10.6. The minimum absolute atomic E-state index is 0.0154. The maximum absolute atomic E-state index is 11.9. The lowest BCUT2D eigenvalue weighted by atomic mass is 10.1. The highest BCUT2D eigenvalue weighted by Crippen LogP contribution is 2.20. The molecule has 2 rings (SSSR count). The molecule has 1 aliphatic rings. The van der Waals surface area contributed by atoms with Gasteiger partial charge in [-0.05, 0) is 18.9 Å². The second kappa shape index (κ2) is 5.55. The van der Waals surface area contributed by atoms with Gasteiger partial charge in [-0.1, -0.05) is 0 Å². The Balaban J connectivity index is 1.98. The summed E-state index contributed by atoms with van der Waals surface area (Å²) in [5.41, 5.74) is 5.48. The van der Waals surface area contributed by atoms with E-state index in [1.165, 1.54) is 12.1 Å². The van der Waals surface area contributed by atoms with Gasteiger partial charge in [0.1, 0.15) is 0 Å². The fraction of sp³-hybridized carbons (Fsp3) is 0.333. The first-order valence-electron chi connectivity index (χ1n) is 6.09. The molecule has 2 amide bonds. The standard InChI is InChI=1S/C12H14N4O4/c13-10-4-3-8(16(19)20)5-9(10)12(18)14-6-11(17)15-7-1-2-7/h3-5,7H,1-2,6,13H2,(H,14,18)(H,15,17). The molecule has 0 saturated heterocycles. The molecule has 1 fully saturated rings. The van der Waals surface area contributed by atoms with E-state index in [2.05, 4.69) is 10.6 Å². The SMILES string of the molecule is Nc1ccc([N+](=O)[O-])cc1C(=O)NCC(=O)NC1CC1. The Morgan fingerprint density at radius 3 is 2.70 bits per heavy atom. The van der Waals surface area contributed by atoms with Crippen molar-refractivity contribution >= 4 is 23.2 Å². The van der Waals surface area contributed by atoms with Crippen molar-refractivity contribution < 1.29 is 14.5 Å². The molecule has 20 heavy (non-hydrogen) atoms. The summed E-state index contributed by atoms with van der Waals surface area (Å²) in [5, 5.41) is 15.7. The molecule has 4 N–H and O–H groups in total. The van der Waals surface area contributed by atoms with Crippen LogP contribution in [0.25, 0.3) is 0 Å². The number of non-ortho nitro benzene ring substituents is 1. The van der Waals surface area contributed by atoms with E-state index in [-0.39, 0.29) is 35.4 Å². The minimum Gasteiger partial charge on any atom is -0.398 e. The first kappa shape index (κ1) is 13.8. The molecule has 0 spiro atoms. The highest BCUT2D eigenvalue weighted by Gasteiger charge is 2.23. The van der Waals surface area contributed by atoms with E-state index in [4.69, 9.17) is 5.73 Å². The molecule has 1 aromatic carbocycles. The summed E-state index contributed by atoms with van der Waals surface area (Å²) >= 11 is 0. The molecule has 1 saturated carbocycles. The number of nitro benzene ring substituents is 1. The largest absolute Gasteiger partial charge is 0.398 e. The van der Waals surface area contributed by atoms with Crippen LogP contribution in [-0.2, 0) is 4.79 Å². The van der Waals surface area contributed by atoms with Crippen LogP contribution < -0.4 is 16.4 Å². The average molecular weight is 278 g/mol. The van der Waals surface area contributed by atoms with Gasteiger partial charge in [0.25, 0.3) is 11.6 Å². The lowest BCUT2D eigenvalue weighted by Gasteiger charge is -2.07. The third-order valence-electron chi connectivity index (χ3n) is 2.84. The van der Waals surface area contributed by atoms with Gasteiger partial charge in [0.15, 0.2) is 0 Å². The average Bonchev–Trinajstić information content (AvgIpc) is 3.20. The first-order chi connectivity index (χ1) is 9.47. The van der Waals surface area contributed by atoms with Crippen LogP contribution in [0.4, 0.5) is 11.4 Å². The third-order valence-corrected chi connectivity index (χ3v) is 2.84. The van der Waals surface area contributed by atoms with Crippen molar-refractivity contribution in [3.63, 3.8) is 0 Å². The van der Waals surface area contributed by atoms with Crippen molar-refractivity contribution in [3.05, 3.63) is 33.9 Å². The van der Waals surface area contributed by atoms with Crippen molar-refractivity contribution in [3.8, 4) is 0 Å². The fourth-order valence-corrected chi connectivity index (χ4v) is 1.62. The number of rotatable bonds is 5. The third kappa shape index (κ3) is 3.44. The first-order valence-corrected chi connectivity index (χ1v) is 6.09. The number of carbonyl (C=O) groups is 2. The molecule has 0 aromatic heterocycles. The number of hydrogen-bond acceptors (Lipinski definition) is 5. The second-order valence-corrected chi connectivity index (χ2v) is 4.55. The van der Waals surface area contributed by atoms with Gasteiger partial charge < -0.3 is 16.4 Å². The van der Waals surface area contributed by atoms with Crippen LogP contribution in [0, 0.1) is 10.1 Å². The lowest BCUT2D eigenvalue weighted by Crippen LogP contribution is -2.38. The highest BCUT2D eigenvalue weighted by atomic mass is 16.6. The Morgan fingerprint density at radius 1 is 1.40 bits per heavy atom. The number of nitrogens with zero attached hydrogens (tertiary/aromatic N) is 1. The summed E-state index contributed by atoms with van der Waals surface area (Å²) in [4.78, 5) is 33.3. The number of nitro groups is 1. The van der Waals surface area contributed by atoms with Gasteiger partial charge in [0.05, 0.1) is 17.0 Å². The van der Waals surface area contributed by atoms with E-state index in [0.29, 0.717) is 0 Å². The zero-order chi connectivity index (χ0) is 14.7. The van der Waals surface area contributed by atoms with Crippen molar-refractivity contribution in [2.75, 3.05) is 12.3 Å². The molecule has 8 nitrogen and oxygen atoms in total. The molecule has 0 radical (unpaired) electrons. The van der Waals surface area contributed by atoms with Gasteiger partial charge in [-0.2, -0.15) is 0 Å². The summed E-state index contributed by atoms with van der Waals surface area (Å²) in [5.74, 6) is -0.901. The van der Waals surface area contributed by atoms with Crippen LogP contribution in [0.2, 0.25) is 0 Å². The van der Waals surface area contributed by atoms with Crippen molar-refractivity contribution in [1.82, 2.24) is 10.6 Å². The molecule has 0 heterocycles. The quantitative estimate of drug-likeness (QED) is 0.402. The number of anilines is 1. The smallest absolute Gasteiger partial charge is 0.270 e. The number of nitrogens with one attached hydrogen (secondary N) is 2. The predicted octanol–water partition coefficient (Wildman–Crippen LogP) is 0.185. The van der Waals surface area contributed by atoms with Gasteiger partial charge in [-0.15, -0.1) is 0 Å². The van der Waals surface area contributed by atoms with Gasteiger partial charge in [-0.3, -0.25) is 19.7 Å². The molecule has 1 aromatic rings. The van der Waals surface area contributed by atoms with E-state index in [1.54, 1.807) is 0 Å². The van der Waals surface area contributed by atoms with Gasteiger partial charge in [-0.25, -0.2) is 0 Å². The van der Waals surface area contributed by atoms with Crippen LogP contribution in [0.1, 0.15) is 23.2 Å². The Morgan fingerprint density at radius 2 is 2.10 bits per heavy atom. The summed E-state index contributed by atoms with van der Waals surface area (Å²) in [6.45, 7) is -0.183. The number of carbonyl (C=O) groups excluding carboxylic acids is 2. The van der Waals surface area contributed by atoms with Gasteiger partial charge in [0.2, 0.25) is 5.91 Å².